The van der Waals surface area contributed by atoms with Crippen LogP contribution in [0.25, 0.3) is 0 Å². The van der Waals surface area contributed by atoms with Gasteiger partial charge in [-0.05, 0) is 42.2 Å². The van der Waals surface area contributed by atoms with E-state index in [-0.39, 0.29) is 12.0 Å². The fraction of sp³-hybridized carbons (Fsp3) is 0.409. The third-order valence-electron chi connectivity index (χ3n) is 6.30. The number of fused-ring (bicyclic) bond motifs is 2. The fourth-order valence-corrected chi connectivity index (χ4v) is 5.17. The minimum atomic E-state index is -0.681. The molecule has 2 aromatic rings. The summed E-state index contributed by atoms with van der Waals surface area (Å²) in [5.74, 6) is 0.225. The molecular formula is C22H25NO2. The van der Waals surface area contributed by atoms with E-state index in [1.165, 1.54) is 12.0 Å². The molecule has 0 spiro atoms. The van der Waals surface area contributed by atoms with Crippen molar-refractivity contribution in [2.75, 3.05) is 0 Å². The topological polar surface area (TPSA) is 49.3 Å². The number of carboxylic acid groups (broad SMARTS) is 1. The van der Waals surface area contributed by atoms with Crippen molar-refractivity contribution in [3.05, 3.63) is 71.8 Å². The van der Waals surface area contributed by atoms with Gasteiger partial charge in [-0.1, -0.05) is 67.1 Å². The highest BCUT2D eigenvalue weighted by Crippen LogP contribution is 2.61. The van der Waals surface area contributed by atoms with Crippen molar-refractivity contribution in [3.63, 3.8) is 0 Å². The van der Waals surface area contributed by atoms with Crippen LogP contribution in [0.5, 0.6) is 0 Å². The molecule has 25 heavy (non-hydrogen) atoms. The number of carbonyl (C=O) groups is 1. The van der Waals surface area contributed by atoms with E-state index in [1.54, 1.807) is 0 Å². The van der Waals surface area contributed by atoms with E-state index < -0.39 is 11.4 Å². The van der Waals surface area contributed by atoms with Crippen LogP contribution in [-0.4, -0.2) is 11.1 Å². The van der Waals surface area contributed by atoms with Gasteiger partial charge in [0, 0.05) is 12.6 Å². The molecule has 4 rings (SSSR count). The molecule has 2 N–H and O–H groups in total. The standard InChI is InChI=1S/C22H25NO2/c24-21(25)22(14-17-11-12-19(22)13-17)20(18-9-5-2-6-10-18)23-15-16-7-3-1-4-8-16/h1-10,17,19-20,23H,11-15H2,(H,24,25)/t17-,19+,20-,22+/m1/s1. The number of nitrogens with one attached hydrogen (secondary N) is 1. The minimum Gasteiger partial charge on any atom is -0.481 e. The van der Waals surface area contributed by atoms with Crippen LogP contribution < -0.4 is 5.32 Å². The second-order valence-corrected chi connectivity index (χ2v) is 7.64. The molecule has 3 nitrogen and oxygen atoms in total. The maximum atomic E-state index is 12.5. The zero-order valence-corrected chi connectivity index (χ0v) is 14.4. The van der Waals surface area contributed by atoms with Crippen LogP contribution in [-0.2, 0) is 11.3 Å². The van der Waals surface area contributed by atoms with Gasteiger partial charge in [-0.3, -0.25) is 4.79 Å². The van der Waals surface area contributed by atoms with E-state index in [9.17, 15) is 9.90 Å². The number of benzene rings is 2. The lowest BCUT2D eigenvalue weighted by Crippen LogP contribution is -2.47. The van der Waals surface area contributed by atoms with Crippen LogP contribution in [0.3, 0.4) is 0 Å². The molecule has 0 aromatic heterocycles. The average Bonchev–Trinajstić information content (AvgIpc) is 3.26. The van der Waals surface area contributed by atoms with Crippen molar-refractivity contribution >= 4 is 5.97 Å². The lowest BCUT2D eigenvalue weighted by atomic mass is 9.66. The number of hydrogen-bond donors (Lipinski definition) is 2. The first-order chi connectivity index (χ1) is 12.2. The zero-order chi connectivity index (χ0) is 17.3. The maximum absolute atomic E-state index is 12.5. The van der Waals surface area contributed by atoms with E-state index in [0.29, 0.717) is 12.5 Å². The number of carboxylic acids is 1. The Kier molecular flexibility index (Phi) is 4.34. The molecule has 2 aromatic carbocycles. The molecule has 130 valence electrons. The van der Waals surface area contributed by atoms with Crippen LogP contribution in [0.2, 0.25) is 0 Å². The highest BCUT2D eigenvalue weighted by molar-refractivity contribution is 5.77. The largest absolute Gasteiger partial charge is 0.481 e. The molecule has 2 aliphatic carbocycles. The van der Waals surface area contributed by atoms with Crippen molar-refractivity contribution in [1.29, 1.82) is 0 Å². The molecular weight excluding hydrogens is 310 g/mol. The Morgan fingerprint density at radius 3 is 2.32 bits per heavy atom. The summed E-state index contributed by atoms with van der Waals surface area (Å²) >= 11 is 0. The number of hydrogen-bond acceptors (Lipinski definition) is 2. The maximum Gasteiger partial charge on any atom is 0.311 e. The van der Waals surface area contributed by atoms with Crippen molar-refractivity contribution in [1.82, 2.24) is 5.32 Å². The van der Waals surface area contributed by atoms with Gasteiger partial charge in [0.1, 0.15) is 0 Å². The molecule has 0 saturated heterocycles. The first-order valence-corrected chi connectivity index (χ1v) is 9.26. The van der Waals surface area contributed by atoms with Gasteiger partial charge in [0.2, 0.25) is 0 Å². The fourth-order valence-electron chi connectivity index (χ4n) is 5.17. The van der Waals surface area contributed by atoms with Gasteiger partial charge in [0.25, 0.3) is 0 Å². The van der Waals surface area contributed by atoms with Crippen LogP contribution in [0.1, 0.15) is 42.9 Å². The lowest BCUT2D eigenvalue weighted by Gasteiger charge is -2.41. The molecule has 0 unspecified atom stereocenters. The molecule has 0 amide bonds. The Labute approximate surface area is 149 Å². The summed E-state index contributed by atoms with van der Waals surface area (Å²) in [6.07, 6.45) is 4.12. The molecule has 0 heterocycles. The van der Waals surface area contributed by atoms with Crippen LogP contribution in [0.4, 0.5) is 0 Å². The Balaban J connectivity index is 1.68. The summed E-state index contributed by atoms with van der Waals surface area (Å²) in [5.41, 5.74) is 1.60. The van der Waals surface area contributed by atoms with Crippen molar-refractivity contribution in [3.8, 4) is 0 Å². The zero-order valence-electron chi connectivity index (χ0n) is 14.4. The summed E-state index contributed by atoms with van der Waals surface area (Å²) in [6, 6.07) is 20.2. The molecule has 0 aliphatic heterocycles. The van der Waals surface area contributed by atoms with E-state index >= 15 is 0 Å². The third-order valence-corrected chi connectivity index (χ3v) is 6.30. The van der Waals surface area contributed by atoms with Crippen molar-refractivity contribution in [2.24, 2.45) is 17.3 Å². The van der Waals surface area contributed by atoms with Gasteiger partial charge in [0.15, 0.2) is 0 Å². The summed E-state index contributed by atoms with van der Waals surface area (Å²) in [5, 5.41) is 13.9. The van der Waals surface area contributed by atoms with Gasteiger partial charge < -0.3 is 10.4 Å². The molecule has 3 heteroatoms. The Hall–Kier alpha value is -2.13. The van der Waals surface area contributed by atoms with Crippen molar-refractivity contribution < 1.29 is 9.90 Å². The van der Waals surface area contributed by atoms with Gasteiger partial charge in [-0.15, -0.1) is 0 Å². The quantitative estimate of drug-likeness (QED) is 0.822. The van der Waals surface area contributed by atoms with Crippen LogP contribution >= 0.6 is 0 Å². The minimum absolute atomic E-state index is 0.151. The monoisotopic (exact) mass is 335 g/mol. The van der Waals surface area contributed by atoms with Gasteiger partial charge in [-0.2, -0.15) is 0 Å². The average molecular weight is 335 g/mol. The smallest absolute Gasteiger partial charge is 0.311 e. The van der Waals surface area contributed by atoms with Gasteiger partial charge in [-0.25, -0.2) is 0 Å². The highest BCUT2D eigenvalue weighted by atomic mass is 16.4. The van der Waals surface area contributed by atoms with Gasteiger partial charge >= 0.3 is 5.97 Å². The Morgan fingerprint density at radius 2 is 1.76 bits per heavy atom. The predicted octanol–water partition coefficient (Wildman–Crippen LogP) is 4.41. The summed E-state index contributed by atoms with van der Waals surface area (Å²) < 4.78 is 0. The molecule has 4 atom stereocenters. The Bertz CT molecular complexity index is 730. The second-order valence-electron chi connectivity index (χ2n) is 7.64. The van der Waals surface area contributed by atoms with Crippen LogP contribution in [0, 0.1) is 17.3 Å². The number of rotatable bonds is 6. The SMILES string of the molecule is O=C(O)[C@@]1([C@H](NCc2ccccc2)c2ccccc2)C[C@@H]2CC[C@H]1C2. The Morgan fingerprint density at radius 1 is 1.08 bits per heavy atom. The lowest BCUT2D eigenvalue weighted by molar-refractivity contribution is -0.155. The molecule has 2 saturated carbocycles. The molecule has 0 radical (unpaired) electrons. The van der Waals surface area contributed by atoms with Crippen LogP contribution in [0.15, 0.2) is 60.7 Å². The van der Waals surface area contributed by atoms with Gasteiger partial charge in [0.05, 0.1) is 5.41 Å². The second kappa shape index (κ2) is 6.64. The van der Waals surface area contributed by atoms with E-state index in [1.807, 2.05) is 36.4 Å². The summed E-state index contributed by atoms with van der Waals surface area (Å²) in [4.78, 5) is 12.5. The molecule has 2 bridgehead atoms. The summed E-state index contributed by atoms with van der Waals surface area (Å²) in [6.45, 7) is 0.687. The van der Waals surface area contributed by atoms with E-state index in [4.69, 9.17) is 0 Å². The normalized spacial score (nSPS) is 28.8. The first-order valence-electron chi connectivity index (χ1n) is 9.26. The molecule has 2 aliphatic rings. The van der Waals surface area contributed by atoms with E-state index in [2.05, 4.69) is 29.6 Å². The third kappa shape index (κ3) is 2.87. The highest BCUT2D eigenvalue weighted by Gasteiger charge is 2.60. The first kappa shape index (κ1) is 16.3. The van der Waals surface area contributed by atoms with E-state index in [0.717, 1.165) is 24.8 Å². The predicted molar refractivity (Wildman–Crippen MR) is 98.0 cm³/mol. The number of aliphatic carboxylic acids is 1. The molecule has 2 fully saturated rings. The van der Waals surface area contributed by atoms with Crippen molar-refractivity contribution in [2.45, 2.75) is 38.3 Å². The summed E-state index contributed by atoms with van der Waals surface area (Å²) in [7, 11) is 0.